The highest BCUT2D eigenvalue weighted by molar-refractivity contribution is 5.78. The van der Waals surface area contributed by atoms with Gasteiger partial charge in [0.1, 0.15) is 12.6 Å². The Bertz CT molecular complexity index is 130. The summed E-state index contributed by atoms with van der Waals surface area (Å²) in [5, 5.41) is 0. The molecule has 0 aromatic heterocycles. The third-order valence-electron chi connectivity index (χ3n) is 0.937. The predicted octanol–water partition coefficient (Wildman–Crippen LogP) is -0.573. The highest BCUT2D eigenvalue weighted by Gasteiger charge is 2.13. The van der Waals surface area contributed by atoms with Crippen LogP contribution >= 0.6 is 0 Å². The van der Waals surface area contributed by atoms with Gasteiger partial charge < -0.3 is 10.5 Å². The number of rotatable bonds is 0. The summed E-state index contributed by atoms with van der Waals surface area (Å²) in [5.74, 6) is -0.340. The quantitative estimate of drug-likeness (QED) is 0.338. The molecule has 0 bridgehead atoms. The van der Waals surface area contributed by atoms with Gasteiger partial charge in [0.15, 0.2) is 0 Å². The zero-order valence-corrected chi connectivity index (χ0v) is 4.33. The van der Waals surface area contributed by atoms with E-state index in [1.54, 1.807) is 12.2 Å². The molecule has 0 saturated carbocycles. The first kappa shape index (κ1) is 5.31. The zero-order valence-electron chi connectivity index (χ0n) is 4.33. The molecular weight excluding hydrogens is 106 g/mol. The minimum absolute atomic E-state index is 0.340. The molecule has 2 N–H and O–H groups in total. The molecule has 0 radical (unpaired) electrons. The molecule has 8 heavy (non-hydrogen) atoms. The molecule has 3 nitrogen and oxygen atoms in total. The largest absolute Gasteiger partial charge is 0.460 e. The smallest absolute Gasteiger partial charge is 0.327 e. The monoisotopic (exact) mass is 113 g/mol. The SMILES string of the molecule is NC1C=CCOC1=O. The molecule has 0 spiro atoms. The van der Waals surface area contributed by atoms with E-state index in [1.165, 1.54) is 0 Å². The van der Waals surface area contributed by atoms with Crippen LogP contribution in [0.5, 0.6) is 0 Å². The van der Waals surface area contributed by atoms with Crippen LogP contribution in [0.4, 0.5) is 0 Å². The minimum atomic E-state index is -0.538. The highest BCUT2D eigenvalue weighted by Crippen LogP contribution is 1.94. The molecule has 44 valence electrons. The fourth-order valence-corrected chi connectivity index (χ4v) is 0.507. The van der Waals surface area contributed by atoms with Crippen LogP contribution in [0, 0.1) is 0 Å². The van der Waals surface area contributed by atoms with Crippen LogP contribution in [-0.4, -0.2) is 18.6 Å². The number of cyclic esters (lactones) is 1. The topological polar surface area (TPSA) is 52.3 Å². The standard InChI is InChI=1S/C5H7NO2/c6-4-2-1-3-8-5(4)7/h1-2,4H,3,6H2. The second-order valence-corrected chi connectivity index (χ2v) is 1.58. The number of esters is 1. The molecule has 0 saturated heterocycles. The number of carbonyl (C=O) groups excluding carboxylic acids is 1. The van der Waals surface area contributed by atoms with Crippen molar-refractivity contribution >= 4 is 5.97 Å². The Balaban J connectivity index is 2.60. The molecule has 0 aliphatic carbocycles. The lowest BCUT2D eigenvalue weighted by Crippen LogP contribution is -2.32. The first-order chi connectivity index (χ1) is 3.80. The number of nitrogens with two attached hydrogens (primary N) is 1. The van der Waals surface area contributed by atoms with Gasteiger partial charge in [0.05, 0.1) is 0 Å². The van der Waals surface area contributed by atoms with Gasteiger partial charge in [0.25, 0.3) is 0 Å². The van der Waals surface area contributed by atoms with Gasteiger partial charge in [0, 0.05) is 0 Å². The normalized spacial score (nSPS) is 27.6. The van der Waals surface area contributed by atoms with Crippen molar-refractivity contribution in [2.24, 2.45) is 5.73 Å². The highest BCUT2D eigenvalue weighted by atomic mass is 16.5. The maximum absolute atomic E-state index is 10.4. The van der Waals surface area contributed by atoms with Gasteiger partial charge in [-0.3, -0.25) is 4.79 Å². The first-order valence-corrected chi connectivity index (χ1v) is 2.39. The molecule has 1 aliphatic heterocycles. The van der Waals surface area contributed by atoms with Gasteiger partial charge >= 0.3 is 5.97 Å². The Morgan fingerprint density at radius 3 is 3.00 bits per heavy atom. The lowest BCUT2D eigenvalue weighted by Gasteiger charge is -2.09. The second-order valence-electron chi connectivity index (χ2n) is 1.58. The van der Waals surface area contributed by atoms with Crippen LogP contribution in [0.2, 0.25) is 0 Å². The van der Waals surface area contributed by atoms with Crippen molar-refractivity contribution in [1.29, 1.82) is 0 Å². The van der Waals surface area contributed by atoms with Gasteiger partial charge in [-0.25, -0.2) is 0 Å². The molecule has 3 heteroatoms. The molecule has 1 heterocycles. The van der Waals surface area contributed by atoms with E-state index in [-0.39, 0.29) is 5.97 Å². The Kier molecular flexibility index (Phi) is 1.30. The summed E-state index contributed by atoms with van der Waals surface area (Å²) >= 11 is 0. The van der Waals surface area contributed by atoms with Crippen molar-refractivity contribution in [1.82, 2.24) is 0 Å². The summed E-state index contributed by atoms with van der Waals surface area (Å²) in [6, 6.07) is -0.538. The molecule has 0 amide bonds. The average molecular weight is 113 g/mol. The molecule has 0 fully saturated rings. The van der Waals surface area contributed by atoms with E-state index in [4.69, 9.17) is 5.73 Å². The van der Waals surface area contributed by atoms with E-state index in [0.717, 1.165) is 0 Å². The minimum Gasteiger partial charge on any atom is -0.460 e. The van der Waals surface area contributed by atoms with Crippen LogP contribution in [0.3, 0.4) is 0 Å². The van der Waals surface area contributed by atoms with Crippen LogP contribution in [0.15, 0.2) is 12.2 Å². The van der Waals surface area contributed by atoms with E-state index in [9.17, 15) is 4.79 Å². The van der Waals surface area contributed by atoms with Gasteiger partial charge in [-0.15, -0.1) is 0 Å². The number of hydrogen-bond donors (Lipinski definition) is 1. The van der Waals surface area contributed by atoms with Crippen molar-refractivity contribution in [3.05, 3.63) is 12.2 Å². The maximum Gasteiger partial charge on any atom is 0.327 e. The van der Waals surface area contributed by atoms with Gasteiger partial charge in [0.2, 0.25) is 0 Å². The van der Waals surface area contributed by atoms with Crippen molar-refractivity contribution < 1.29 is 9.53 Å². The maximum atomic E-state index is 10.4. The molecule has 1 rings (SSSR count). The molecule has 0 aromatic carbocycles. The van der Waals surface area contributed by atoms with Crippen LogP contribution in [0.1, 0.15) is 0 Å². The lowest BCUT2D eigenvalue weighted by atomic mass is 10.2. The summed E-state index contributed by atoms with van der Waals surface area (Å²) < 4.78 is 4.54. The molecular formula is C5H7NO2. The third-order valence-corrected chi connectivity index (χ3v) is 0.937. The average Bonchev–Trinajstić information content (AvgIpc) is 1.77. The summed E-state index contributed by atoms with van der Waals surface area (Å²) in [7, 11) is 0. The van der Waals surface area contributed by atoms with E-state index in [2.05, 4.69) is 4.74 Å². The Morgan fingerprint density at radius 1 is 1.88 bits per heavy atom. The lowest BCUT2D eigenvalue weighted by molar-refractivity contribution is -0.143. The number of carbonyl (C=O) groups is 1. The molecule has 1 aliphatic rings. The third kappa shape index (κ3) is 0.869. The fourth-order valence-electron chi connectivity index (χ4n) is 0.507. The van der Waals surface area contributed by atoms with Gasteiger partial charge in [-0.2, -0.15) is 0 Å². The van der Waals surface area contributed by atoms with Crippen molar-refractivity contribution in [2.75, 3.05) is 6.61 Å². The van der Waals surface area contributed by atoms with Gasteiger partial charge in [-0.1, -0.05) is 6.08 Å². The number of ether oxygens (including phenoxy) is 1. The Morgan fingerprint density at radius 2 is 2.62 bits per heavy atom. The van der Waals surface area contributed by atoms with E-state index >= 15 is 0 Å². The Labute approximate surface area is 47.1 Å². The summed E-state index contributed by atoms with van der Waals surface area (Å²) in [6.07, 6.45) is 3.36. The number of hydrogen-bond acceptors (Lipinski definition) is 3. The molecule has 1 atom stereocenters. The van der Waals surface area contributed by atoms with Crippen LogP contribution < -0.4 is 5.73 Å². The van der Waals surface area contributed by atoms with Crippen LogP contribution in [0.25, 0.3) is 0 Å². The second kappa shape index (κ2) is 1.96. The Hall–Kier alpha value is -0.830. The van der Waals surface area contributed by atoms with E-state index < -0.39 is 6.04 Å². The summed E-state index contributed by atoms with van der Waals surface area (Å²) in [6.45, 7) is 0.368. The van der Waals surface area contributed by atoms with Crippen molar-refractivity contribution in [2.45, 2.75) is 6.04 Å². The summed E-state index contributed by atoms with van der Waals surface area (Å²) in [5.41, 5.74) is 5.22. The van der Waals surface area contributed by atoms with Crippen LogP contribution in [-0.2, 0) is 9.53 Å². The van der Waals surface area contributed by atoms with Gasteiger partial charge in [-0.05, 0) is 6.08 Å². The molecule has 0 aromatic rings. The molecule has 1 unspecified atom stereocenters. The van der Waals surface area contributed by atoms with E-state index in [1.807, 2.05) is 0 Å². The predicted molar refractivity (Wildman–Crippen MR) is 28.1 cm³/mol. The summed E-state index contributed by atoms with van der Waals surface area (Å²) in [4.78, 5) is 10.4. The first-order valence-electron chi connectivity index (χ1n) is 2.39. The van der Waals surface area contributed by atoms with Crippen molar-refractivity contribution in [3.8, 4) is 0 Å². The van der Waals surface area contributed by atoms with Crippen molar-refractivity contribution in [3.63, 3.8) is 0 Å². The van der Waals surface area contributed by atoms with E-state index in [0.29, 0.717) is 6.61 Å². The fraction of sp³-hybridized carbons (Fsp3) is 0.400. The zero-order chi connectivity index (χ0) is 5.98.